The van der Waals surface area contributed by atoms with Gasteiger partial charge < -0.3 is 10.6 Å². The van der Waals surface area contributed by atoms with Crippen LogP contribution in [-0.2, 0) is 0 Å². The first-order valence-corrected chi connectivity index (χ1v) is 10.5. The Morgan fingerprint density at radius 2 is 1.08 bits per heavy atom. The lowest BCUT2D eigenvalue weighted by molar-refractivity contribution is 0.263. The van der Waals surface area contributed by atoms with Gasteiger partial charge >= 0.3 is 0 Å². The van der Waals surface area contributed by atoms with Crippen molar-refractivity contribution in [3.63, 3.8) is 0 Å². The van der Waals surface area contributed by atoms with Crippen LogP contribution in [0, 0.1) is 11.8 Å². The molecule has 24 heavy (non-hydrogen) atoms. The van der Waals surface area contributed by atoms with Gasteiger partial charge in [-0.2, -0.15) is 0 Å². The monoisotopic (exact) mass is 336 g/mol. The lowest BCUT2D eigenvalue weighted by Crippen LogP contribution is -2.41. The Balaban J connectivity index is 0.000000141. The fourth-order valence-electron chi connectivity index (χ4n) is 5.00. The molecule has 4 saturated heterocycles. The molecule has 4 atom stereocenters. The minimum atomic E-state index is 0.734. The lowest BCUT2D eigenvalue weighted by atomic mass is 9.94. The first-order chi connectivity index (χ1) is 11.5. The van der Waals surface area contributed by atoms with Crippen LogP contribution in [0.5, 0.6) is 0 Å². The van der Waals surface area contributed by atoms with Crippen molar-refractivity contribution >= 4 is 0 Å². The van der Waals surface area contributed by atoms with Gasteiger partial charge in [-0.25, -0.2) is 0 Å². The van der Waals surface area contributed by atoms with Crippen molar-refractivity contribution < 1.29 is 0 Å². The van der Waals surface area contributed by atoms with Gasteiger partial charge in [-0.1, -0.05) is 0 Å². The van der Waals surface area contributed by atoms with Crippen LogP contribution < -0.4 is 10.6 Å². The third-order valence-electron chi connectivity index (χ3n) is 6.72. The molecule has 0 aromatic rings. The standard InChI is InChI=1S/2C10H20N2/c2*1-8(2)12-6-9-4-3-5-11-10(9)7-12/h2*8-11H,3-7H2,1-2H3/t2*9-,10+/m10/s1. The molecule has 140 valence electrons. The fourth-order valence-corrected chi connectivity index (χ4v) is 5.00. The average Bonchev–Trinajstić information content (AvgIpc) is 3.19. The number of hydrogen-bond acceptors (Lipinski definition) is 4. The summed E-state index contributed by atoms with van der Waals surface area (Å²) >= 11 is 0. The molecule has 0 bridgehead atoms. The number of likely N-dealkylation sites (tertiary alicyclic amines) is 2. The highest BCUT2D eigenvalue weighted by Gasteiger charge is 2.35. The first-order valence-electron chi connectivity index (χ1n) is 10.5. The molecular formula is C20H40N4. The summed E-state index contributed by atoms with van der Waals surface area (Å²) in [4.78, 5) is 5.21. The number of nitrogens with zero attached hydrogens (tertiary/aromatic N) is 2. The summed E-state index contributed by atoms with van der Waals surface area (Å²) in [5.74, 6) is 1.89. The van der Waals surface area contributed by atoms with Crippen molar-refractivity contribution in [2.75, 3.05) is 39.3 Å². The van der Waals surface area contributed by atoms with E-state index in [9.17, 15) is 0 Å². The summed E-state index contributed by atoms with van der Waals surface area (Å²) in [5, 5.41) is 7.25. The van der Waals surface area contributed by atoms with Gasteiger partial charge in [0, 0.05) is 50.3 Å². The smallest absolute Gasteiger partial charge is 0.0235 e. The normalized spacial score (nSPS) is 37.2. The van der Waals surface area contributed by atoms with Crippen LogP contribution in [0.3, 0.4) is 0 Å². The second-order valence-corrected chi connectivity index (χ2v) is 9.02. The molecule has 0 aliphatic carbocycles. The van der Waals surface area contributed by atoms with Gasteiger partial charge in [0.05, 0.1) is 0 Å². The fraction of sp³-hybridized carbons (Fsp3) is 1.00. The van der Waals surface area contributed by atoms with Gasteiger partial charge in [-0.15, -0.1) is 0 Å². The molecule has 4 aliphatic rings. The SMILES string of the molecule is CC(C)N1C[C@@H]2CCCN[C@@H]2C1.CC(C)N1C[C@H]2CCCN[C@H]2C1. The molecule has 0 spiro atoms. The van der Waals surface area contributed by atoms with Crippen LogP contribution in [0.15, 0.2) is 0 Å². The first kappa shape index (κ1) is 18.6. The molecule has 0 radical (unpaired) electrons. The topological polar surface area (TPSA) is 30.5 Å². The van der Waals surface area contributed by atoms with E-state index in [1.54, 1.807) is 0 Å². The van der Waals surface area contributed by atoms with E-state index in [-0.39, 0.29) is 0 Å². The van der Waals surface area contributed by atoms with Gasteiger partial charge in [0.2, 0.25) is 0 Å². The molecule has 4 aliphatic heterocycles. The Labute approximate surface area is 149 Å². The molecule has 0 unspecified atom stereocenters. The van der Waals surface area contributed by atoms with Crippen LogP contribution in [0.2, 0.25) is 0 Å². The molecule has 4 heteroatoms. The van der Waals surface area contributed by atoms with E-state index in [2.05, 4.69) is 48.1 Å². The molecule has 4 heterocycles. The van der Waals surface area contributed by atoms with E-state index < -0.39 is 0 Å². The van der Waals surface area contributed by atoms with Crippen LogP contribution in [0.25, 0.3) is 0 Å². The highest BCUT2D eigenvalue weighted by atomic mass is 15.2. The Kier molecular flexibility index (Phi) is 6.58. The summed E-state index contributed by atoms with van der Waals surface area (Å²) in [6, 6.07) is 3.08. The number of nitrogens with one attached hydrogen (secondary N) is 2. The van der Waals surface area contributed by atoms with E-state index in [0.29, 0.717) is 0 Å². The minimum Gasteiger partial charge on any atom is -0.312 e. The van der Waals surface area contributed by atoms with Crippen LogP contribution >= 0.6 is 0 Å². The third kappa shape index (κ3) is 4.51. The van der Waals surface area contributed by atoms with Crippen LogP contribution in [0.4, 0.5) is 0 Å². The van der Waals surface area contributed by atoms with Crippen LogP contribution in [-0.4, -0.2) is 73.2 Å². The van der Waals surface area contributed by atoms with Gasteiger partial charge in [0.25, 0.3) is 0 Å². The zero-order valence-corrected chi connectivity index (χ0v) is 16.4. The number of fused-ring (bicyclic) bond motifs is 2. The van der Waals surface area contributed by atoms with Crippen molar-refractivity contribution in [3.8, 4) is 0 Å². The Hall–Kier alpha value is -0.160. The Morgan fingerprint density at radius 1 is 0.667 bits per heavy atom. The average molecular weight is 337 g/mol. The molecule has 4 rings (SSSR count). The third-order valence-corrected chi connectivity index (χ3v) is 6.72. The molecule has 0 saturated carbocycles. The predicted octanol–water partition coefficient (Wildman–Crippen LogP) is 2.16. The highest BCUT2D eigenvalue weighted by molar-refractivity contribution is 4.93. The summed E-state index contributed by atoms with van der Waals surface area (Å²) in [6.45, 7) is 16.9. The molecule has 0 aromatic carbocycles. The second kappa shape index (κ2) is 8.48. The van der Waals surface area contributed by atoms with Gasteiger partial charge in [0.1, 0.15) is 0 Å². The highest BCUT2D eigenvalue weighted by Crippen LogP contribution is 2.26. The van der Waals surface area contributed by atoms with Crippen molar-refractivity contribution in [2.45, 2.75) is 77.5 Å². The Bertz CT molecular complexity index is 320. The largest absolute Gasteiger partial charge is 0.312 e. The molecule has 4 nitrogen and oxygen atoms in total. The second-order valence-electron chi connectivity index (χ2n) is 9.02. The van der Waals surface area contributed by atoms with Gasteiger partial charge in [0.15, 0.2) is 0 Å². The van der Waals surface area contributed by atoms with Crippen molar-refractivity contribution in [2.24, 2.45) is 11.8 Å². The van der Waals surface area contributed by atoms with Crippen molar-refractivity contribution in [1.82, 2.24) is 20.4 Å². The minimum absolute atomic E-state index is 0.734. The summed E-state index contributed by atoms with van der Waals surface area (Å²) < 4.78 is 0. The molecule has 4 fully saturated rings. The molecular weight excluding hydrogens is 296 g/mol. The predicted molar refractivity (Wildman–Crippen MR) is 102 cm³/mol. The number of rotatable bonds is 2. The quantitative estimate of drug-likeness (QED) is 0.809. The van der Waals surface area contributed by atoms with Crippen molar-refractivity contribution in [1.29, 1.82) is 0 Å². The molecule has 2 N–H and O–H groups in total. The maximum Gasteiger partial charge on any atom is 0.0235 e. The summed E-state index contributed by atoms with van der Waals surface area (Å²) in [6.07, 6.45) is 5.65. The van der Waals surface area contributed by atoms with E-state index in [1.165, 1.54) is 65.0 Å². The van der Waals surface area contributed by atoms with E-state index in [1.807, 2.05) is 0 Å². The van der Waals surface area contributed by atoms with E-state index in [4.69, 9.17) is 0 Å². The van der Waals surface area contributed by atoms with Gasteiger partial charge in [-0.05, 0) is 78.3 Å². The molecule has 0 amide bonds. The maximum atomic E-state index is 3.62. The summed E-state index contributed by atoms with van der Waals surface area (Å²) in [5.41, 5.74) is 0. The molecule has 0 aromatic heterocycles. The zero-order valence-electron chi connectivity index (χ0n) is 16.4. The number of hydrogen-bond donors (Lipinski definition) is 2. The zero-order chi connectivity index (χ0) is 17.1. The lowest BCUT2D eigenvalue weighted by Gasteiger charge is -2.24. The van der Waals surface area contributed by atoms with Gasteiger partial charge in [-0.3, -0.25) is 9.80 Å². The van der Waals surface area contributed by atoms with E-state index in [0.717, 1.165) is 36.0 Å². The van der Waals surface area contributed by atoms with E-state index >= 15 is 0 Å². The van der Waals surface area contributed by atoms with Crippen molar-refractivity contribution in [3.05, 3.63) is 0 Å². The van der Waals surface area contributed by atoms with Crippen LogP contribution in [0.1, 0.15) is 53.4 Å². The Morgan fingerprint density at radius 3 is 1.42 bits per heavy atom. The number of piperidine rings is 2. The summed E-state index contributed by atoms with van der Waals surface area (Å²) in [7, 11) is 0. The maximum absolute atomic E-state index is 3.62.